The third-order valence-electron chi connectivity index (χ3n) is 14.5. The van der Waals surface area contributed by atoms with Gasteiger partial charge in [-0.3, -0.25) is 47.9 Å². The molecule has 4 aromatic rings. The number of aromatic amines is 2. The number of H-pyrrole nitrogens is 2. The van der Waals surface area contributed by atoms with E-state index in [0.717, 1.165) is 0 Å². The number of hydrogen-bond donors (Lipinski definition) is 13. The van der Waals surface area contributed by atoms with Gasteiger partial charge in [-0.2, -0.15) is 0 Å². The van der Waals surface area contributed by atoms with Crippen LogP contribution in [0.1, 0.15) is 102 Å². The zero-order valence-electron chi connectivity index (χ0n) is 43.9. The Bertz CT molecular complexity index is 2890. The number of hydrogen-bond acceptors (Lipinski definition) is 12. The highest BCUT2D eigenvalue weighted by Crippen LogP contribution is 2.35. The second-order valence-electron chi connectivity index (χ2n) is 20.8. The Labute approximate surface area is 443 Å². The molecule has 7 heterocycles. The summed E-state index contributed by atoms with van der Waals surface area (Å²) in [6.45, 7) is 10.8. The summed E-state index contributed by atoms with van der Waals surface area (Å²) in [4.78, 5) is 146. The molecule has 1 fully saturated rings. The molecule has 8 amide bonds. The zero-order valence-corrected chi connectivity index (χ0v) is 43.9. The number of nitrogens with zero attached hydrogens (tertiary/aromatic N) is 4. The van der Waals surface area contributed by atoms with E-state index in [4.69, 9.17) is 11.5 Å². The van der Waals surface area contributed by atoms with E-state index < -0.39 is 113 Å². The van der Waals surface area contributed by atoms with E-state index in [1.54, 1.807) is 43.7 Å². The van der Waals surface area contributed by atoms with E-state index in [-0.39, 0.29) is 75.0 Å². The number of aliphatic imine (C=N–C) groups is 1. The second kappa shape index (κ2) is 24.6. The summed E-state index contributed by atoms with van der Waals surface area (Å²) in [7, 11) is 0. The molecule has 0 spiro atoms. The Hall–Kier alpha value is -8.32. The van der Waals surface area contributed by atoms with Gasteiger partial charge < -0.3 is 69.1 Å². The van der Waals surface area contributed by atoms with Gasteiger partial charge >= 0.3 is 5.97 Å². The molecule has 4 aliphatic rings. The van der Waals surface area contributed by atoms with Crippen molar-refractivity contribution in [2.45, 2.75) is 147 Å². The van der Waals surface area contributed by atoms with Gasteiger partial charge in [-0.1, -0.05) is 60.1 Å². The van der Waals surface area contributed by atoms with Crippen LogP contribution in [0.3, 0.4) is 0 Å². The third-order valence-corrected chi connectivity index (χ3v) is 14.5. The summed E-state index contributed by atoms with van der Waals surface area (Å²) < 4.78 is 1.62. The molecular formula is C51H70N16O10. The minimum atomic E-state index is -1.45. The topological polar surface area (TPSA) is 397 Å². The van der Waals surface area contributed by atoms with Crippen molar-refractivity contribution < 1.29 is 48.3 Å². The molecule has 15 N–H and O–H groups in total. The Morgan fingerprint density at radius 1 is 0.857 bits per heavy atom. The predicted octanol–water partition coefficient (Wildman–Crippen LogP) is -1.32. The van der Waals surface area contributed by atoms with Gasteiger partial charge in [0.15, 0.2) is 5.96 Å². The van der Waals surface area contributed by atoms with Crippen molar-refractivity contribution in [1.82, 2.24) is 67.0 Å². The summed E-state index contributed by atoms with van der Waals surface area (Å²) in [6, 6.07) is -5.00. The summed E-state index contributed by atoms with van der Waals surface area (Å²) in [5, 5.41) is 33.0. The summed E-state index contributed by atoms with van der Waals surface area (Å²) in [5.74, 6) is -8.85. The van der Waals surface area contributed by atoms with Crippen molar-refractivity contribution in [2.75, 3.05) is 6.54 Å². The number of carbonyl (C=O) groups is 9. The van der Waals surface area contributed by atoms with Crippen LogP contribution < -0.4 is 54.0 Å². The fraction of sp³-hybridized carbons (Fsp3) is 0.529. The van der Waals surface area contributed by atoms with Crippen LogP contribution in [0.2, 0.25) is 0 Å². The van der Waals surface area contributed by atoms with Crippen molar-refractivity contribution in [3.8, 4) is 5.82 Å². The van der Waals surface area contributed by atoms with Crippen molar-refractivity contribution >= 4 is 70.1 Å². The lowest BCUT2D eigenvalue weighted by Crippen LogP contribution is -2.62. The average Bonchev–Trinajstić information content (AvgIpc) is 4.22. The van der Waals surface area contributed by atoms with Crippen LogP contribution in [-0.4, -0.2) is 144 Å². The van der Waals surface area contributed by atoms with Gasteiger partial charge in [-0.05, 0) is 48.6 Å². The Morgan fingerprint density at radius 2 is 1.60 bits per heavy atom. The first-order valence-electron chi connectivity index (χ1n) is 26.0. The molecule has 0 radical (unpaired) electrons. The van der Waals surface area contributed by atoms with E-state index >= 15 is 4.79 Å². The third kappa shape index (κ3) is 13.6. The number of benzene rings is 1. The van der Waals surface area contributed by atoms with E-state index in [1.807, 2.05) is 26.8 Å². The number of amides is 8. The van der Waals surface area contributed by atoms with Gasteiger partial charge in [0, 0.05) is 72.7 Å². The molecular weight excluding hydrogens is 997 g/mol. The Balaban J connectivity index is 1.39. The van der Waals surface area contributed by atoms with Gasteiger partial charge in [0.25, 0.3) is 0 Å². The highest BCUT2D eigenvalue weighted by atomic mass is 16.4. The first-order chi connectivity index (χ1) is 36.6. The molecule has 4 aliphatic heterocycles. The molecule has 1 aromatic carbocycles. The molecule has 0 aliphatic carbocycles. The highest BCUT2D eigenvalue weighted by molar-refractivity contribution is 6.00. The summed E-state index contributed by atoms with van der Waals surface area (Å²) >= 11 is 0. The largest absolute Gasteiger partial charge is 0.480 e. The minimum absolute atomic E-state index is 0.0511. The number of carbonyl (C=O) groups excluding carboxylic acids is 8. The molecule has 1 saturated heterocycles. The molecule has 8 rings (SSSR count). The average molecular weight is 1070 g/mol. The van der Waals surface area contributed by atoms with Gasteiger partial charge in [0.05, 0.1) is 12.0 Å². The number of nitrogens with two attached hydrogens (primary N) is 2. The van der Waals surface area contributed by atoms with Crippen LogP contribution in [-0.2, 0) is 62.4 Å². The van der Waals surface area contributed by atoms with Gasteiger partial charge in [0.2, 0.25) is 47.3 Å². The van der Waals surface area contributed by atoms with Crippen LogP contribution in [0.25, 0.3) is 16.7 Å². The quantitative estimate of drug-likeness (QED) is 0.0285. The van der Waals surface area contributed by atoms with E-state index in [9.17, 15) is 43.5 Å². The lowest BCUT2D eigenvalue weighted by atomic mass is 9.81. The Kier molecular flexibility index (Phi) is 18.0. The van der Waals surface area contributed by atoms with Crippen molar-refractivity contribution in [1.29, 1.82) is 0 Å². The van der Waals surface area contributed by atoms with Crippen molar-refractivity contribution in [3.05, 3.63) is 65.8 Å². The number of aliphatic carboxylic acids is 1. The minimum Gasteiger partial charge on any atom is -0.480 e. The Morgan fingerprint density at radius 3 is 2.25 bits per heavy atom. The summed E-state index contributed by atoms with van der Waals surface area (Å²) in [5.41, 5.74) is 13.5. The fourth-order valence-electron chi connectivity index (χ4n) is 10.1. The number of fused-ring (bicyclic) bond motifs is 13. The number of imidazole rings is 2. The number of carboxylic acids is 1. The van der Waals surface area contributed by atoms with Crippen LogP contribution >= 0.6 is 0 Å². The lowest BCUT2D eigenvalue weighted by Gasteiger charge is -2.34. The van der Waals surface area contributed by atoms with E-state index in [0.29, 0.717) is 40.0 Å². The maximum Gasteiger partial charge on any atom is 0.326 e. The normalized spacial score (nSPS) is 24.2. The number of guanidine groups is 1. The molecule has 10 unspecified atom stereocenters. The van der Waals surface area contributed by atoms with Crippen LogP contribution in [0.4, 0.5) is 0 Å². The monoisotopic (exact) mass is 1070 g/mol. The zero-order chi connectivity index (χ0) is 55.8. The molecule has 3 aromatic heterocycles. The predicted molar refractivity (Wildman–Crippen MR) is 279 cm³/mol. The first kappa shape index (κ1) is 56.4. The van der Waals surface area contributed by atoms with Gasteiger partial charge in [-0.15, -0.1) is 0 Å². The SMILES string of the molecule is CCC(C)C1NC(=O)C(NC(=O)C2CCC(=O)N2)C(C(C)C)c2ccc3c4c([nH]c3c2)-n2cnc(c2)CC(C(=O)NC(Cc2cnc[nH]2)C(=O)O)NC(=O)C(CCCN=C(N)N)NC(=O)C(C4)NC(=O)C(C(C)C)NC1=O. The first-order valence-corrected chi connectivity index (χ1v) is 26.0. The number of aromatic nitrogens is 5. The molecule has 77 heavy (non-hydrogen) atoms. The van der Waals surface area contributed by atoms with Crippen molar-refractivity contribution in [3.63, 3.8) is 0 Å². The molecule has 26 nitrogen and oxygen atoms in total. The number of nitrogens with one attached hydrogen (secondary N) is 10. The molecule has 0 saturated carbocycles. The van der Waals surface area contributed by atoms with Gasteiger partial charge in [0.1, 0.15) is 60.5 Å². The second-order valence-corrected chi connectivity index (χ2v) is 20.8. The molecule has 414 valence electrons. The van der Waals surface area contributed by atoms with Crippen molar-refractivity contribution in [2.24, 2.45) is 34.2 Å². The molecule has 26 heteroatoms. The summed E-state index contributed by atoms with van der Waals surface area (Å²) in [6.07, 6.45) is 6.08. The lowest BCUT2D eigenvalue weighted by molar-refractivity contribution is -0.142. The van der Waals surface area contributed by atoms with Crippen LogP contribution in [0, 0.1) is 17.8 Å². The smallest absolute Gasteiger partial charge is 0.326 e. The maximum atomic E-state index is 15.0. The molecule has 7 bridgehead atoms. The number of carboxylic acid groups (broad SMARTS) is 1. The fourth-order valence-corrected chi connectivity index (χ4v) is 10.1. The van der Waals surface area contributed by atoms with Crippen LogP contribution in [0.5, 0.6) is 0 Å². The highest BCUT2D eigenvalue weighted by Gasteiger charge is 2.41. The van der Waals surface area contributed by atoms with Crippen LogP contribution in [0.15, 0.2) is 48.2 Å². The number of rotatable bonds is 15. The van der Waals surface area contributed by atoms with E-state index in [2.05, 4.69) is 67.5 Å². The van der Waals surface area contributed by atoms with Gasteiger partial charge in [-0.25, -0.2) is 14.8 Å². The van der Waals surface area contributed by atoms with E-state index in [1.165, 1.54) is 18.9 Å². The standard InChI is InChI=1S/C51H70N16O10/c1-7-25(6)40-48(74)64-39(24(4)5)47(73)62-35-18-30-29-11-10-26(38(23(2)3)41(49(75)65-40)66-44(70)32-12-13-37(68)58-32)15-33(29)59-42(30)67-20-28(57-22-67)17-34(45(71)63-36(50(76)77)16-27-19-54-21-56-27)61-43(69)31(60-46(35)72)9-8-14-55-51(52)53/h10-11,15,19-25,31-32,34-36,38-41,59H,7-9,12-14,16-18H2,1-6H3,(H,54,56)(H,58,68)(H,60,72)(H,61,69)(H,62,73)(H,63,71)(H,64,74)(H,65,75)(H,66,70)(H,76,77)(H4,52,53,55). The molecule has 10 atom stereocenters. The maximum absolute atomic E-state index is 15.0.